The number of hydrogen-bond acceptors (Lipinski definition) is 3. The summed E-state index contributed by atoms with van der Waals surface area (Å²) in [5.41, 5.74) is -0.622. The van der Waals surface area contributed by atoms with Gasteiger partial charge in [0.25, 0.3) is 0 Å². The first-order valence-electron chi connectivity index (χ1n) is 5.72. The van der Waals surface area contributed by atoms with Crippen molar-refractivity contribution >= 4 is 11.9 Å². The number of alkyl halides is 3. The van der Waals surface area contributed by atoms with E-state index in [1.807, 2.05) is 0 Å². The molecule has 0 saturated heterocycles. The summed E-state index contributed by atoms with van der Waals surface area (Å²) in [6.45, 7) is 1.62. The maximum atomic E-state index is 11.7. The standard InChI is InChI=1S/C11H16F3NO4/c1-10(2)6(7(10)9(17)18)8(16)15-3-4-19-5-11(12,13)14/h6-7H,3-5H2,1-2H3,(H,15,16)(H,17,18). The minimum Gasteiger partial charge on any atom is -0.481 e. The van der Waals surface area contributed by atoms with E-state index in [9.17, 15) is 22.8 Å². The van der Waals surface area contributed by atoms with Gasteiger partial charge in [-0.1, -0.05) is 13.8 Å². The zero-order chi connectivity index (χ0) is 14.8. The van der Waals surface area contributed by atoms with Crippen LogP contribution in [0.15, 0.2) is 0 Å². The number of amides is 1. The first-order valence-corrected chi connectivity index (χ1v) is 5.72. The number of aliphatic carboxylic acids is 1. The van der Waals surface area contributed by atoms with Crippen molar-refractivity contribution in [1.29, 1.82) is 0 Å². The van der Waals surface area contributed by atoms with Crippen LogP contribution in [0.4, 0.5) is 13.2 Å². The highest BCUT2D eigenvalue weighted by Gasteiger charge is 2.65. The number of carboxylic acid groups (broad SMARTS) is 1. The van der Waals surface area contributed by atoms with Crippen molar-refractivity contribution in [3.8, 4) is 0 Å². The molecule has 1 fully saturated rings. The smallest absolute Gasteiger partial charge is 0.411 e. The topological polar surface area (TPSA) is 75.6 Å². The van der Waals surface area contributed by atoms with Crippen LogP contribution in [-0.4, -0.2) is 42.9 Å². The molecular formula is C11H16F3NO4. The van der Waals surface area contributed by atoms with Crippen LogP contribution >= 0.6 is 0 Å². The summed E-state index contributed by atoms with van der Waals surface area (Å²) in [6, 6.07) is 0. The number of rotatable bonds is 6. The molecule has 0 aromatic rings. The summed E-state index contributed by atoms with van der Waals surface area (Å²) in [4.78, 5) is 22.5. The van der Waals surface area contributed by atoms with Crippen LogP contribution in [0.25, 0.3) is 0 Å². The van der Waals surface area contributed by atoms with E-state index in [0.717, 1.165) is 0 Å². The molecule has 5 nitrogen and oxygen atoms in total. The minimum atomic E-state index is -4.39. The monoisotopic (exact) mass is 283 g/mol. The fourth-order valence-electron chi connectivity index (χ4n) is 2.13. The lowest BCUT2D eigenvalue weighted by Gasteiger charge is -2.08. The minimum absolute atomic E-state index is 0.0756. The highest BCUT2D eigenvalue weighted by Crippen LogP contribution is 2.58. The highest BCUT2D eigenvalue weighted by molar-refractivity contribution is 5.91. The van der Waals surface area contributed by atoms with Gasteiger partial charge in [0, 0.05) is 6.54 Å². The molecular weight excluding hydrogens is 267 g/mol. The van der Waals surface area contributed by atoms with Gasteiger partial charge in [0.1, 0.15) is 6.61 Å². The van der Waals surface area contributed by atoms with Crippen molar-refractivity contribution in [2.75, 3.05) is 19.8 Å². The fraction of sp³-hybridized carbons (Fsp3) is 0.818. The summed E-state index contributed by atoms with van der Waals surface area (Å²) >= 11 is 0. The third-order valence-corrected chi connectivity index (χ3v) is 3.19. The van der Waals surface area contributed by atoms with E-state index >= 15 is 0 Å². The quantitative estimate of drug-likeness (QED) is 0.714. The number of ether oxygens (including phenoxy) is 1. The maximum Gasteiger partial charge on any atom is 0.411 e. The molecule has 0 aliphatic heterocycles. The van der Waals surface area contributed by atoms with Crippen molar-refractivity contribution in [3.63, 3.8) is 0 Å². The molecule has 0 radical (unpaired) electrons. The molecule has 0 aromatic heterocycles. The van der Waals surface area contributed by atoms with Crippen LogP contribution < -0.4 is 5.32 Å². The van der Waals surface area contributed by atoms with Crippen LogP contribution in [0, 0.1) is 17.3 Å². The van der Waals surface area contributed by atoms with Gasteiger partial charge in [-0.25, -0.2) is 0 Å². The summed E-state index contributed by atoms with van der Waals surface area (Å²) < 4.78 is 39.6. The Morgan fingerprint density at radius 3 is 2.32 bits per heavy atom. The molecule has 2 atom stereocenters. The van der Waals surface area contributed by atoms with Gasteiger partial charge in [-0.05, 0) is 5.41 Å². The molecule has 0 bridgehead atoms. The van der Waals surface area contributed by atoms with Crippen LogP contribution in [0.3, 0.4) is 0 Å². The zero-order valence-electron chi connectivity index (χ0n) is 10.6. The van der Waals surface area contributed by atoms with Gasteiger partial charge in [0.05, 0.1) is 18.4 Å². The lowest BCUT2D eigenvalue weighted by Crippen LogP contribution is -2.31. The van der Waals surface area contributed by atoms with E-state index < -0.39 is 41.9 Å². The molecule has 19 heavy (non-hydrogen) atoms. The normalized spacial score (nSPS) is 24.9. The van der Waals surface area contributed by atoms with Gasteiger partial charge in [-0.2, -0.15) is 13.2 Å². The van der Waals surface area contributed by atoms with Gasteiger partial charge in [0.2, 0.25) is 5.91 Å². The first-order chi connectivity index (χ1) is 8.57. The Kier molecular flexibility index (Phi) is 4.44. The summed E-state index contributed by atoms with van der Waals surface area (Å²) in [5.74, 6) is -2.90. The molecule has 1 aliphatic carbocycles. The fourth-order valence-corrected chi connectivity index (χ4v) is 2.13. The van der Waals surface area contributed by atoms with Crippen molar-refractivity contribution in [1.82, 2.24) is 5.32 Å². The molecule has 0 heterocycles. The van der Waals surface area contributed by atoms with Crippen molar-refractivity contribution in [3.05, 3.63) is 0 Å². The SMILES string of the molecule is CC1(C)C(C(=O)O)C1C(=O)NCCOCC(F)(F)F. The number of halogens is 3. The summed E-state index contributed by atoms with van der Waals surface area (Å²) in [5, 5.41) is 11.3. The Bertz CT molecular complexity index is 367. The second-order valence-corrected chi connectivity index (χ2v) is 5.07. The third-order valence-electron chi connectivity index (χ3n) is 3.19. The van der Waals surface area contributed by atoms with E-state index in [0.29, 0.717) is 0 Å². The summed E-state index contributed by atoms with van der Waals surface area (Å²) in [6.07, 6.45) is -4.39. The molecule has 0 aromatic carbocycles. The number of carbonyl (C=O) groups excluding carboxylic acids is 1. The average Bonchev–Trinajstić information content (AvgIpc) is 2.79. The molecule has 2 N–H and O–H groups in total. The van der Waals surface area contributed by atoms with Crippen molar-refractivity contribution in [2.24, 2.45) is 17.3 Å². The molecule has 1 amide bonds. The Morgan fingerprint density at radius 2 is 1.89 bits per heavy atom. The van der Waals surface area contributed by atoms with Crippen LogP contribution in [0.2, 0.25) is 0 Å². The number of carbonyl (C=O) groups is 2. The Hall–Kier alpha value is -1.31. The highest BCUT2D eigenvalue weighted by atomic mass is 19.4. The van der Waals surface area contributed by atoms with Crippen LogP contribution in [0.5, 0.6) is 0 Å². The zero-order valence-corrected chi connectivity index (χ0v) is 10.6. The molecule has 110 valence electrons. The number of nitrogens with one attached hydrogen (secondary N) is 1. The van der Waals surface area contributed by atoms with Crippen molar-refractivity contribution < 1.29 is 32.6 Å². The second kappa shape index (κ2) is 5.36. The van der Waals surface area contributed by atoms with Gasteiger partial charge in [0.15, 0.2) is 0 Å². The van der Waals surface area contributed by atoms with E-state index in [4.69, 9.17) is 5.11 Å². The number of hydrogen-bond donors (Lipinski definition) is 2. The largest absolute Gasteiger partial charge is 0.481 e. The molecule has 1 saturated carbocycles. The average molecular weight is 283 g/mol. The predicted octanol–water partition coefficient (Wildman–Crippen LogP) is 1.04. The molecule has 1 aliphatic rings. The van der Waals surface area contributed by atoms with Gasteiger partial charge in [-0.3, -0.25) is 9.59 Å². The van der Waals surface area contributed by atoms with Crippen LogP contribution in [0.1, 0.15) is 13.8 Å². The third kappa shape index (κ3) is 4.09. The molecule has 0 spiro atoms. The van der Waals surface area contributed by atoms with E-state index in [1.165, 1.54) is 0 Å². The van der Waals surface area contributed by atoms with Gasteiger partial charge >= 0.3 is 12.1 Å². The Labute approximate surface area is 108 Å². The Morgan fingerprint density at radius 1 is 1.32 bits per heavy atom. The first kappa shape index (κ1) is 15.7. The predicted molar refractivity (Wildman–Crippen MR) is 58.3 cm³/mol. The van der Waals surface area contributed by atoms with Crippen LogP contribution in [-0.2, 0) is 14.3 Å². The second-order valence-electron chi connectivity index (χ2n) is 5.07. The van der Waals surface area contributed by atoms with E-state index in [2.05, 4.69) is 10.1 Å². The lowest BCUT2D eigenvalue weighted by molar-refractivity contribution is -0.173. The van der Waals surface area contributed by atoms with Gasteiger partial charge in [-0.15, -0.1) is 0 Å². The summed E-state index contributed by atoms with van der Waals surface area (Å²) in [7, 11) is 0. The van der Waals surface area contributed by atoms with E-state index in [-0.39, 0.29) is 13.2 Å². The van der Waals surface area contributed by atoms with Crippen molar-refractivity contribution in [2.45, 2.75) is 20.0 Å². The maximum absolute atomic E-state index is 11.7. The Balaban J connectivity index is 2.25. The number of carboxylic acids is 1. The molecule has 2 unspecified atom stereocenters. The van der Waals surface area contributed by atoms with Gasteiger partial charge < -0.3 is 15.2 Å². The van der Waals surface area contributed by atoms with E-state index in [1.54, 1.807) is 13.8 Å². The lowest BCUT2D eigenvalue weighted by atomic mass is 10.1. The molecule has 8 heteroatoms. The molecule has 1 rings (SSSR count).